The second-order valence-electron chi connectivity index (χ2n) is 18.5. The summed E-state index contributed by atoms with van der Waals surface area (Å²) in [6.07, 6.45) is 45.4. The van der Waals surface area contributed by atoms with E-state index < -0.39 is 6.10 Å². The third kappa shape index (κ3) is 44.0. The normalized spacial score (nSPS) is 12.5. The lowest BCUT2D eigenvalue weighted by molar-refractivity contribution is -0.167. The molecule has 0 aromatic heterocycles. The van der Waals surface area contributed by atoms with E-state index in [2.05, 4.69) is 34.6 Å². The van der Waals surface area contributed by atoms with Gasteiger partial charge in [-0.3, -0.25) is 14.4 Å². The Hall–Kier alpha value is -1.59. The summed E-state index contributed by atoms with van der Waals surface area (Å²) in [5, 5.41) is 0. The van der Waals surface area contributed by atoms with Crippen molar-refractivity contribution in [3.8, 4) is 0 Å². The molecule has 6 nitrogen and oxygen atoms in total. The summed E-state index contributed by atoms with van der Waals surface area (Å²) < 4.78 is 16.7. The minimum Gasteiger partial charge on any atom is -0.462 e. The molecule has 0 N–H and O–H groups in total. The number of hydrogen-bond acceptors (Lipinski definition) is 6. The number of unbranched alkanes of at least 4 members (excludes halogenated alkanes) is 30. The van der Waals surface area contributed by atoms with Gasteiger partial charge >= 0.3 is 17.9 Å². The van der Waals surface area contributed by atoms with Gasteiger partial charge in [0, 0.05) is 19.3 Å². The van der Waals surface area contributed by atoms with E-state index in [-0.39, 0.29) is 31.1 Å². The largest absolute Gasteiger partial charge is 0.462 e. The van der Waals surface area contributed by atoms with E-state index in [0.29, 0.717) is 19.3 Å². The monoisotopic (exact) mass is 821 g/mol. The molecule has 344 valence electrons. The summed E-state index contributed by atoms with van der Waals surface area (Å²) in [5.74, 6) is 0.815. The number of rotatable bonds is 46. The SMILES string of the molecule is CCCCCCCCCCCC(=O)OC[C@@H](COC(=O)CCCCCCCCC(C)C)OC(=O)CCCCCCCCCCCCCCCCCCCCC(C)CC. The van der Waals surface area contributed by atoms with E-state index in [4.69, 9.17) is 14.2 Å². The molecule has 0 rings (SSSR count). The van der Waals surface area contributed by atoms with Gasteiger partial charge in [0.2, 0.25) is 0 Å². The minimum atomic E-state index is -0.761. The van der Waals surface area contributed by atoms with Crippen LogP contribution in [0.5, 0.6) is 0 Å². The molecule has 0 heterocycles. The highest BCUT2D eigenvalue weighted by Gasteiger charge is 2.19. The van der Waals surface area contributed by atoms with Gasteiger partial charge < -0.3 is 14.2 Å². The average Bonchev–Trinajstić information content (AvgIpc) is 3.21. The first-order chi connectivity index (χ1) is 28.3. The first-order valence-corrected chi connectivity index (χ1v) is 25.8. The van der Waals surface area contributed by atoms with E-state index in [1.165, 1.54) is 173 Å². The lowest BCUT2D eigenvalue weighted by Gasteiger charge is -2.18. The van der Waals surface area contributed by atoms with E-state index in [0.717, 1.165) is 69.6 Å². The van der Waals surface area contributed by atoms with Gasteiger partial charge in [-0.1, -0.05) is 247 Å². The molecule has 0 spiro atoms. The van der Waals surface area contributed by atoms with Crippen LogP contribution in [-0.4, -0.2) is 37.2 Å². The molecule has 0 aromatic rings. The third-order valence-corrected chi connectivity index (χ3v) is 12.1. The molecule has 6 heteroatoms. The molecule has 0 aromatic carbocycles. The van der Waals surface area contributed by atoms with Crippen LogP contribution in [0, 0.1) is 11.8 Å². The van der Waals surface area contributed by atoms with Crippen molar-refractivity contribution >= 4 is 17.9 Å². The zero-order chi connectivity index (χ0) is 42.6. The Bertz CT molecular complexity index is 887. The first-order valence-electron chi connectivity index (χ1n) is 25.8. The maximum atomic E-state index is 12.8. The fourth-order valence-electron chi connectivity index (χ4n) is 7.78. The molecule has 0 saturated heterocycles. The van der Waals surface area contributed by atoms with Crippen LogP contribution in [0.15, 0.2) is 0 Å². The van der Waals surface area contributed by atoms with Crippen LogP contribution in [0.25, 0.3) is 0 Å². The number of ether oxygens (including phenoxy) is 3. The molecule has 1 unspecified atom stereocenters. The van der Waals surface area contributed by atoms with Gasteiger partial charge in [-0.2, -0.15) is 0 Å². The molecular formula is C52H100O6. The summed E-state index contributed by atoms with van der Waals surface area (Å²) in [7, 11) is 0. The van der Waals surface area contributed by atoms with Crippen molar-refractivity contribution in [1.82, 2.24) is 0 Å². The van der Waals surface area contributed by atoms with Crippen LogP contribution in [0.4, 0.5) is 0 Å². The molecule has 0 amide bonds. The molecule has 0 aliphatic rings. The predicted octanol–water partition coefficient (Wildman–Crippen LogP) is 16.5. The van der Waals surface area contributed by atoms with E-state index in [1.54, 1.807) is 0 Å². The molecule has 2 atom stereocenters. The molecule has 0 aliphatic heterocycles. The Kier molecular flexibility index (Phi) is 43.7. The maximum Gasteiger partial charge on any atom is 0.306 e. The van der Waals surface area contributed by atoms with Crippen LogP contribution in [-0.2, 0) is 28.6 Å². The Morgan fingerprint density at radius 3 is 0.983 bits per heavy atom. The Labute approximate surface area is 361 Å². The Balaban J connectivity index is 4.15. The topological polar surface area (TPSA) is 78.9 Å². The molecule has 0 radical (unpaired) electrons. The van der Waals surface area contributed by atoms with Crippen molar-refractivity contribution < 1.29 is 28.6 Å². The van der Waals surface area contributed by atoms with Gasteiger partial charge in [-0.05, 0) is 31.1 Å². The van der Waals surface area contributed by atoms with Crippen LogP contribution >= 0.6 is 0 Å². The van der Waals surface area contributed by atoms with E-state index >= 15 is 0 Å². The second kappa shape index (κ2) is 44.9. The standard InChI is InChI=1S/C52H100O6/c1-6-8-9-10-11-22-26-32-37-42-50(53)56-45-49(46-57-51(54)43-38-33-29-28-30-35-40-47(3)4)58-52(55)44-39-34-27-24-21-19-17-15-13-12-14-16-18-20-23-25-31-36-41-48(5)7-2/h47-49H,6-46H2,1-5H3/t48?,49-/m0/s1. The quantitative estimate of drug-likeness (QED) is 0.0346. The summed E-state index contributed by atoms with van der Waals surface area (Å²) in [4.78, 5) is 37.7. The summed E-state index contributed by atoms with van der Waals surface area (Å²) >= 11 is 0. The zero-order valence-electron chi connectivity index (χ0n) is 39.7. The summed E-state index contributed by atoms with van der Waals surface area (Å²) in [6, 6.07) is 0. The predicted molar refractivity (Wildman–Crippen MR) is 247 cm³/mol. The van der Waals surface area contributed by atoms with Gasteiger partial charge in [0.25, 0.3) is 0 Å². The van der Waals surface area contributed by atoms with Gasteiger partial charge in [0.05, 0.1) is 0 Å². The van der Waals surface area contributed by atoms with E-state index in [9.17, 15) is 14.4 Å². The molecule has 0 fully saturated rings. The van der Waals surface area contributed by atoms with Gasteiger partial charge in [0.1, 0.15) is 13.2 Å². The number of carbonyl (C=O) groups excluding carboxylic acids is 3. The van der Waals surface area contributed by atoms with Crippen molar-refractivity contribution in [2.24, 2.45) is 11.8 Å². The summed E-state index contributed by atoms with van der Waals surface area (Å²) in [5.41, 5.74) is 0. The number of hydrogen-bond donors (Lipinski definition) is 0. The lowest BCUT2D eigenvalue weighted by Crippen LogP contribution is -2.30. The van der Waals surface area contributed by atoms with Gasteiger partial charge in [0.15, 0.2) is 6.10 Å². The number of esters is 3. The lowest BCUT2D eigenvalue weighted by atomic mass is 9.99. The molecular weight excluding hydrogens is 721 g/mol. The highest BCUT2D eigenvalue weighted by Crippen LogP contribution is 2.18. The van der Waals surface area contributed by atoms with Crippen LogP contribution in [0.2, 0.25) is 0 Å². The van der Waals surface area contributed by atoms with Crippen LogP contribution in [0.3, 0.4) is 0 Å². The highest BCUT2D eigenvalue weighted by atomic mass is 16.6. The molecule has 0 aliphatic carbocycles. The zero-order valence-corrected chi connectivity index (χ0v) is 39.7. The smallest absolute Gasteiger partial charge is 0.306 e. The fraction of sp³-hybridized carbons (Fsp3) is 0.942. The van der Waals surface area contributed by atoms with Crippen molar-refractivity contribution in [3.63, 3.8) is 0 Å². The Morgan fingerprint density at radius 2 is 0.655 bits per heavy atom. The van der Waals surface area contributed by atoms with Crippen molar-refractivity contribution in [2.75, 3.05) is 13.2 Å². The van der Waals surface area contributed by atoms with Crippen LogP contribution in [0.1, 0.15) is 285 Å². The fourth-order valence-corrected chi connectivity index (χ4v) is 7.78. The number of carbonyl (C=O) groups is 3. The highest BCUT2D eigenvalue weighted by molar-refractivity contribution is 5.71. The van der Waals surface area contributed by atoms with Crippen molar-refractivity contribution in [2.45, 2.75) is 291 Å². The maximum absolute atomic E-state index is 12.8. The van der Waals surface area contributed by atoms with E-state index in [1.807, 2.05) is 0 Å². The first kappa shape index (κ1) is 56.4. The van der Waals surface area contributed by atoms with Crippen molar-refractivity contribution in [3.05, 3.63) is 0 Å². The summed E-state index contributed by atoms with van der Waals surface area (Å²) in [6.45, 7) is 11.3. The van der Waals surface area contributed by atoms with Crippen LogP contribution < -0.4 is 0 Å². The Morgan fingerprint density at radius 1 is 0.362 bits per heavy atom. The second-order valence-corrected chi connectivity index (χ2v) is 18.5. The minimum absolute atomic E-state index is 0.0650. The molecule has 0 saturated carbocycles. The molecule has 0 bridgehead atoms. The van der Waals surface area contributed by atoms with Gasteiger partial charge in [-0.15, -0.1) is 0 Å². The molecule has 58 heavy (non-hydrogen) atoms. The average molecular weight is 821 g/mol. The van der Waals surface area contributed by atoms with Crippen molar-refractivity contribution in [1.29, 1.82) is 0 Å². The third-order valence-electron chi connectivity index (χ3n) is 12.1. The van der Waals surface area contributed by atoms with Gasteiger partial charge in [-0.25, -0.2) is 0 Å².